The molecule has 1 aromatic heterocycles. The topological polar surface area (TPSA) is 88.5 Å². The molecule has 0 fully saturated rings. The van der Waals surface area contributed by atoms with Crippen molar-refractivity contribution in [3.63, 3.8) is 0 Å². The lowest BCUT2D eigenvalue weighted by atomic mass is 10.4. The van der Waals surface area contributed by atoms with Gasteiger partial charge < -0.3 is 5.73 Å². The highest BCUT2D eigenvalue weighted by atomic mass is 16.5. The molecule has 0 aliphatic heterocycles. The van der Waals surface area contributed by atoms with Crippen molar-refractivity contribution in [2.45, 2.75) is 6.54 Å². The fourth-order valence-corrected chi connectivity index (χ4v) is 0.758. The second kappa shape index (κ2) is 3.72. The van der Waals surface area contributed by atoms with Crippen molar-refractivity contribution in [2.75, 3.05) is 0 Å². The monoisotopic (exact) mass is 169 g/mol. The van der Waals surface area contributed by atoms with Crippen LogP contribution in [0.25, 0.3) is 0 Å². The second-order valence-corrected chi connectivity index (χ2v) is 2.26. The van der Waals surface area contributed by atoms with Crippen LogP contribution in [0.3, 0.4) is 0 Å². The van der Waals surface area contributed by atoms with E-state index in [0.29, 0.717) is 6.54 Å². The van der Waals surface area contributed by atoms with Gasteiger partial charge in [-0.1, -0.05) is 0 Å². The van der Waals surface area contributed by atoms with E-state index in [9.17, 15) is 0 Å². The predicted octanol–water partition coefficient (Wildman–Crippen LogP) is -0.786. The quantitative estimate of drug-likeness (QED) is 0.307. The SMILES string of the molecule is Cn1nccc1CN=C(N)NO. The Labute approximate surface area is 69.7 Å². The summed E-state index contributed by atoms with van der Waals surface area (Å²) < 4.78 is 1.69. The maximum Gasteiger partial charge on any atom is 0.213 e. The highest BCUT2D eigenvalue weighted by molar-refractivity contribution is 5.76. The normalized spacial score (nSPS) is 11.7. The Morgan fingerprint density at radius 1 is 1.92 bits per heavy atom. The van der Waals surface area contributed by atoms with Crippen molar-refractivity contribution in [3.8, 4) is 0 Å². The fourth-order valence-electron chi connectivity index (χ4n) is 0.758. The highest BCUT2D eigenvalue weighted by Crippen LogP contribution is 1.97. The van der Waals surface area contributed by atoms with Crippen LogP contribution in [0.15, 0.2) is 17.3 Å². The van der Waals surface area contributed by atoms with E-state index in [2.05, 4.69) is 10.1 Å². The summed E-state index contributed by atoms with van der Waals surface area (Å²) in [6.45, 7) is 0.399. The van der Waals surface area contributed by atoms with Gasteiger partial charge in [-0.05, 0) is 6.07 Å². The Hall–Kier alpha value is -1.56. The lowest BCUT2D eigenvalue weighted by molar-refractivity contribution is 0.232. The van der Waals surface area contributed by atoms with E-state index < -0.39 is 0 Å². The first-order valence-corrected chi connectivity index (χ1v) is 3.41. The summed E-state index contributed by atoms with van der Waals surface area (Å²) in [6.07, 6.45) is 1.67. The molecule has 4 N–H and O–H groups in total. The van der Waals surface area contributed by atoms with E-state index in [1.54, 1.807) is 16.4 Å². The molecule has 1 aromatic rings. The lowest BCUT2D eigenvalue weighted by Crippen LogP contribution is -2.28. The molecule has 0 aliphatic carbocycles. The van der Waals surface area contributed by atoms with Crippen molar-refractivity contribution < 1.29 is 5.21 Å². The number of nitrogens with one attached hydrogen (secondary N) is 1. The van der Waals surface area contributed by atoms with Gasteiger partial charge in [0, 0.05) is 13.2 Å². The van der Waals surface area contributed by atoms with Gasteiger partial charge in [0.25, 0.3) is 0 Å². The molecule has 0 saturated heterocycles. The number of aliphatic imine (C=N–C) groups is 1. The third-order valence-corrected chi connectivity index (χ3v) is 1.45. The minimum Gasteiger partial charge on any atom is -0.368 e. The van der Waals surface area contributed by atoms with Crippen molar-refractivity contribution in [3.05, 3.63) is 18.0 Å². The van der Waals surface area contributed by atoms with Crippen LogP contribution in [0.2, 0.25) is 0 Å². The Bertz CT molecular complexity index is 279. The number of hydrogen-bond donors (Lipinski definition) is 3. The fraction of sp³-hybridized carbons (Fsp3) is 0.333. The van der Waals surface area contributed by atoms with E-state index in [0.717, 1.165) is 5.69 Å². The zero-order valence-electron chi connectivity index (χ0n) is 6.73. The molecule has 0 amide bonds. The van der Waals surface area contributed by atoms with E-state index >= 15 is 0 Å². The molecule has 66 valence electrons. The van der Waals surface area contributed by atoms with Crippen LogP contribution >= 0.6 is 0 Å². The first kappa shape index (κ1) is 8.54. The highest BCUT2D eigenvalue weighted by Gasteiger charge is 1.95. The smallest absolute Gasteiger partial charge is 0.213 e. The number of rotatable bonds is 2. The standard InChI is InChI=1S/C6H11N5O/c1-11-5(2-3-9-11)4-8-6(7)10-12/h2-3,12H,4H2,1H3,(H3,7,8,10). The van der Waals surface area contributed by atoms with E-state index in [1.165, 1.54) is 0 Å². The van der Waals surface area contributed by atoms with Crippen LogP contribution in [0, 0.1) is 0 Å². The molecule has 0 aromatic carbocycles. The molecule has 1 heterocycles. The number of nitrogens with two attached hydrogens (primary N) is 1. The molecule has 6 nitrogen and oxygen atoms in total. The predicted molar refractivity (Wildman–Crippen MR) is 43.5 cm³/mol. The largest absolute Gasteiger partial charge is 0.368 e. The maximum absolute atomic E-state index is 8.30. The third-order valence-electron chi connectivity index (χ3n) is 1.45. The molecular weight excluding hydrogens is 158 g/mol. The summed E-state index contributed by atoms with van der Waals surface area (Å²) in [5.74, 6) is -0.00352. The molecule has 1 rings (SSSR count). The molecule has 6 heteroatoms. The summed E-state index contributed by atoms with van der Waals surface area (Å²) in [6, 6.07) is 1.83. The number of aromatic nitrogens is 2. The molecule has 0 unspecified atom stereocenters. The first-order valence-electron chi connectivity index (χ1n) is 3.41. The van der Waals surface area contributed by atoms with Gasteiger partial charge in [0.2, 0.25) is 5.96 Å². The second-order valence-electron chi connectivity index (χ2n) is 2.26. The Morgan fingerprint density at radius 3 is 3.17 bits per heavy atom. The first-order chi connectivity index (χ1) is 5.74. The van der Waals surface area contributed by atoms with Gasteiger partial charge in [-0.2, -0.15) is 5.10 Å². The van der Waals surface area contributed by atoms with Crippen LogP contribution in [-0.4, -0.2) is 20.9 Å². The van der Waals surface area contributed by atoms with Crippen molar-refractivity contribution in [1.29, 1.82) is 0 Å². The minimum absolute atomic E-state index is 0.00352. The number of guanidine groups is 1. The number of nitrogens with zero attached hydrogens (tertiary/aromatic N) is 3. The maximum atomic E-state index is 8.30. The van der Waals surface area contributed by atoms with Crippen LogP contribution in [0.1, 0.15) is 5.69 Å². The molecule has 0 bridgehead atoms. The Kier molecular flexibility index (Phi) is 2.65. The zero-order chi connectivity index (χ0) is 8.97. The molecule has 0 spiro atoms. The van der Waals surface area contributed by atoms with Crippen molar-refractivity contribution in [2.24, 2.45) is 17.8 Å². The molecule has 12 heavy (non-hydrogen) atoms. The van der Waals surface area contributed by atoms with Gasteiger partial charge >= 0.3 is 0 Å². The molecular formula is C6H11N5O. The summed E-state index contributed by atoms with van der Waals surface area (Å²) >= 11 is 0. The third kappa shape index (κ3) is 1.96. The summed E-state index contributed by atoms with van der Waals surface area (Å²) in [4.78, 5) is 3.82. The average Bonchev–Trinajstić information content (AvgIpc) is 2.47. The van der Waals surface area contributed by atoms with Crippen molar-refractivity contribution in [1.82, 2.24) is 15.3 Å². The van der Waals surface area contributed by atoms with Gasteiger partial charge in [-0.15, -0.1) is 0 Å². The Morgan fingerprint density at radius 2 is 2.67 bits per heavy atom. The van der Waals surface area contributed by atoms with Gasteiger partial charge in [0.1, 0.15) is 0 Å². The van der Waals surface area contributed by atoms with Crippen LogP contribution in [0.4, 0.5) is 0 Å². The molecule has 0 saturated carbocycles. The molecule has 0 radical (unpaired) electrons. The van der Waals surface area contributed by atoms with Crippen LogP contribution < -0.4 is 11.2 Å². The van der Waals surface area contributed by atoms with E-state index in [4.69, 9.17) is 10.9 Å². The van der Waals surface area contributed by atoms with E-state index in [-0.39, 0.29) is 5.96 Å². The molecule has 0 aliphatic rings. The van der Waals surface area contributed by atoms with Gasteiger partial charge in [-0.3, -0.25) is 9.89 Å². The zero-order valence-corrected chi connectivity index (χ0v) is 6.73. The number of aryl methyl sites for hydroxylation is 1. The Balaban J connectivity index is 2.59. The van der Waals surface area contributed by atoms with Gasteiger partial charge in [0.05, 0.1) is 12.2 Å². The van der Waals surface area contributed by atoms with Crippen LogP contribution in [0.5, 0.6) is 0 Å². The summed E-state index contributed by atoms with van der Waals surface area (Å²) in [5, 5.41) is 12.2. The van der Waals surface area contributed by atoms with Gasteiger partial charge in [-0.25, -0.2) is 10.5 Å². The number of hydroxylamine groups is 1. The van der Waals surface area contributed by atoms with E-state index in [1.807, 2.05) is 13.1 Å². The average molecular weight is 169 g/mol. The number of hydrogen-bond acceptors (Lipinski definition) is 3. The minimum atomic E-state index is -0.00352. The van der Waals surface area contributed by atoms with Crippen molar-refractivity contribution >= 4 is 5.96 Å². The summed E-state index contributed by atoms with van der Waals surface area (Å²) in [5.41, 5.74) is 7.87. The molecule has 0 atom stereocenters. The summed E-state index contributed by atoms with van der Waals surface area (Å²) in [7, 11) is 1.81. The lowest BCUT2D eigenvalue weighted by Gasteiger charge is -1.98. The van der Waals surface area contributed by atoms with Gasteiger partial charge in [0.15, 0.2) is 0 Å². The van der Waals surface area contributed by atoms with Crippen LogP contribution in [-0.2, 0) is 13.6 Å².